The second-order valence-corrected chi connectivity index (χ2v) is 6.46. The van der Waals surface area contributed by atoms with E-state index < -0.39 is 11.8 Å². The topological polar surface area (TPSA) is 99.6 Å². The van der Waals surface area contributed by atoms with Gasteiger partial charge in [0.2, 0.25) is 11.7 Å². The van der Waals surface area contributed by atoms with Crippen molar-refractivity contribution >= 4 is 17.2 Å². The second kappa shape index (κ2) is 6.88. The minimum atomic E-state index is -0.461. The number of rotatable bonds is 6. The molecule has 2 heterocycles. The van der Waals surface area contributed by atoms with Gasteiger partial charge in [-0.15, -0.1) is 21.5 Å². The molecule has 0 saturated carbocycles. The Balaban J connectivity index is 2.10. The number of carbonyl (C=O) groups is 1. The third kappa shape index (κ3) is 3.18. The number of tetrazole rings is 1. The lowest BCUT2D eigenvalue weighted by Gasteiger charge is -2.01. The smallest absolute Gasteiger partial charge is 0.227 e. The van der Waals surface area contributed by atoms with Crippen molar-refractivity contribution in [2.75, 3.05) is 0 Å². The summed E-state index contributed by atoms with van der Waals surface area (Å²) in [5.41, 5.74) is 7.12. The monoisotopic (exact) mass is 342 g/mol. The highest BCUT2D eigenvalue weighted by atomic mass is 32.1. The summed E-state index contributed by atoms with van der Waals surface area (Å²) in [7, 11) is 0. The minimum Gasteiger partial charge on any atom is -0.369 e. The van der Waals surface area contributed by atoms with Gasteiger partial charge in [-0.3, -0.25) is 4.79 Å². The summed E-state index contributed by atoms with van der Waals surface area (Å²) < 4.78 is 0. The maximum atomic E-state index is 11.5. The van der Waals surface area contributed by atoms with Gasteiger partial charge in [0.15, 0.2) is 0 Å². The summed E-state index contributed by atoms with van der Waals surface area (Å²) in [5.74, 6) is -0.350. The van der Waals surface area contributed by atoms with Crippen molar-refractivity contribution < 1.29 is 4.79 Å². The Labute approximate surface area is 143 Å². The van der Waals surface area contributed by atoms with E-state index in [0.29, 0.717) is 17.4 Å². The van der Waals surface area contributed by atoms with E-state index in [4.69, 9.17) is 5.73 Å². The van der Waals surface area contributed by atoms with Gasteiger partial charge in [-0.25, -0.2) is 4.98 Å². The third-order valence-electron chi connectivity index (χ3n) is 3.57. The van der Waals surface area contributed by atoms with E-state index >= 15 is 0 Å². The number of primary amides is 1. The number of nitrogens with two attached hydrogens (primary N) is 1. The Hall–Kier alpha value is -2.61. The lowest BCUT2D eigenvalue weighted by molar-refractivity contribution is -0.119. The van der Waals surface area contributed by atoms with Crippen LogP contribution in [0.2, 0.25) is 0 Å². The maximum Gasteiger partial charge on any atom is 0.227 e. The highest BCUT2D eigenvalue weighted by Crippen LogP contribution is 2.37. The predicted octanol–water partition coefficient (Wildman–Crippen LogP) is 2.46. The van der Waals surface area contributed by atoms with Crippen LogP contribution in [0, 0.1) is 0 Å². The van der Waals surface area contributed by atoms with Crippen LogP contribution in [0.3, 0.4) is 0 Å². The molecule has 7 nitrogen and oxygen atoms in total. The molecule has 2 N–H and O–H groups in total. The van der Waals surface area contributed by atoms with Crippen molar-refractivity contribution in [1.82, 2.24) is 25.2 Å². The van der Waals surface area contributed by atoms with E-state index in [1.54, 1.807) is 11.7 Å². The molecule has 0 bridgehead atoms. The Morgan fingerprint density at radius 1 is 1.33 bits per heavy atom. The van der Waals surface area contributed by atoms with E-state index in [-0.39, 0.29) is 0 Å². The molecule has 0 fully saturated rings. The van der Waals surface area contributed by atoms with Gasteiger partial charge in [-0.2, -0.15) is 4.80 Å². The average molecular weight is 342 g/mol. The largest absolute Gasteiger partial charge is 0.369 e. The Morgan fingerprint density at radius 2 is 2.08 bits per heavy atom. The fraction of sp³-hybridized carbons (Fsp3) is 0.312. The van der Waals surface area contributed by atoms with E-state index in [0.717, 1.165) is 22.6 Å². The van der Waals surface area contributed by atoms with Gasteiger partial charge in [0, 0.05) is 5.56 Å². The SMILES string of the molecule is CCCn1nnc(-c2sc(C(C)C(N)=O)nc2-c2ccccc2)n1. The van der Waals surface area contributed by atoms with Crippen molar-refractivity contribution in [1.29, 1.82) is 0 Å². The summed E-state index contributed by atoms with van der Waals surface area (Å²) in [6.07, 6.45) is 0.925. The summed E-state index contributed by atoms with van der Waals surface area (Å²) in [4.78, 5) is 18.5. The van der Waals surface area contributed by atoms with Gasteiger partial charge in [0.25, 0.3) is 0 Å². The predicted molar refractivity (Wildman–Crippen MR) is 92.3 cm³/mol. The summed E-state index contributed by atoms with van der Waals surface area (Å²) in [5, 5.41) is 13.3. The highest BCUT2D eigenvalue weighted by Gasteiger charge is 2.23. The molecule has 0 radical (unpaired) electrons. The van der Waals surface area contributed by atoms with Crippen molar-refractivity contribution in [2.45, 2.75) is 32.7 Å². The molecule has 1 unspecified atom stereocenters. The van der Waals surface area contributed by atoms with Crippen LogP contribution in [0.5, 0.6) is 0 Å². The molecule has 0 aliphatic heterocycles. The van der Waals surface area contributed by atoms with Crippen LogP contribution in [-0.2, 0) is 11.3 Å². The molecule has 0 spiro atoms. The Morgan fingerprint density at radius 3 is 2.75 bits per heavy atom. The normalized spacial score (nSPS) is 12.2. The first-order chi connectivity index (χ1) is 11.6. The van der Waals surface area contributed by atoms with E-state index in [2.05, 4.69) is 27.3 Å². The summed E-state index contributed by atoms with van der Waals surface area (Å²) >= 11 is 1.39. The van der Waals surface area contributed by atoms with Crippen LogP contribution >= 0.6 is 11.3 Å². The molecule has 24 heavy (non-hydrogen) atoms. The molecule has 2 aromatic heterocycles. The molecule has 3 rings (SSSR count). The molecule has 1 atom stereocenters. The van der Waals surface area contributed by atoms with Crippen LogP contribution in [0.1, 0.15) is 31.2 Å². The van der Waals surface area contributed by atoms with Gasteiger partial charge in [-0.05, 0) is 18.6 Å². The molecule has 0 aliphatic rings. The molecule has 1 aromatic carbocycles. The van der Waals surface area contributed by atoms with Gasteiger partial charge in [-0.1, -0.05) is 37.3 Å². The molecule has 3 aromatic rings. The number of aryl methyl sites for hydroxylation is 1. The molecular weight excluding hydrogens is 324 g/mol. The fourth-order valence-electron chi connectivity index (χ4n) is 2.22. The van der Waals surface area contributed by atoms with Crippen LogP contribution < -0.4 is 5.73 Å². The minimum absolute atomic E-state index is 0.405. The highest BCUT2D eigenvalue weighted by molar-refractivity contribution is 7.15. The molecular formula is C16H18N6OS. The van der Waals surface area contributed by atoms with Gasteiger partial charge >= 0.3 is 0 Å². The number of carbonyl (C=O) groups excluding carboxylic acids is 1. The molecule has 8 heteroatoms. The Bertz CT molecular complexity index is 841. The Kier molecular flexibility index (Phi) is 4.66. The molecule has 0 saturated heterocycles. The van der Waals surface area contributed by atoms with E-state index in [9.17, 15) is 4.79 Å². The van der Waals surface area contributed by atoms with Crippen molar-refractivity contribution in [2.24, 2.45) is 5.73 Å². The van der Waals surface area contributed by atoms with Crippen LogP contribution in [0.15, 0.2) is 30.3 Å². The van der Waals surface area contributed by atoms with Gasteiger partial charge < -0.3 is 5.73 Å². The number of aromatic nitrogens is 5. The number of thiazole rings is 1. The number of hydrogen-bond acceptors (Lipinski definition) is 6. The first kappa shape index (κ1) is 16.3. The maximum absolute atomic E-state index is 11.5. The quantitative estimate of drug-likeness (QED) is 0.742. The number of nitrogens with zero attached hydrogens (tertiary/aromatic N) is 5. The zero-order valence-electron chi connectivity index (χ0n) is 13.5. The zero-order chi connectivity index (χ0) is 17.1. The van der Waals surface area contributed by atoms with Gasteiger partial charge in [0.05, 0.1) is 18.2 Å². The number of benzene rings is 1. The van der Waals surface area contributed by atoms with Crippen molar-refractivity contribution in [3.63, 3.8) is 0 Å². The van der Waals surface area contributed by atoms with Crippen LogP contribution in [0.4, 0.5) is 0 Å². The third-order valence-corrected chi connectivity index (χ3v) is 4.80. The van der Waals surface area contributed by atoms with E-state index in [1.807, 2.05) is 30.3 Å². The standard InChI is InChI=1S/C16H18N6OS/c1-3-9-22-20-15(19-21-22)13-12(11-7-5-4-6-8-11)18-16(24-13)10(2)14(17)23/h4-8,10H,3,9H2,1-2H3,(H2,17,23). The summed E-state index contributed by atoms with van der Waals surface area (Å²) in [6, 6.07) is 9.76. The van der Waals surface area contributed by atoms with Gasteiger partial charge in [0.1, 0.15) is 9.88 Å². The van der Waals surface area contributed by atoms with Crippen molar-refractivity contribution in [3.05, 3.63) is 35.3 Å². The fourth-order valence-corrected chi connectivity index (χ4v) is 3.29. The van der Waals surface area contributed by atoms with Crippen molar-refractivity contribution in [3.8, 4) is 22.0 Å². The molecule has 124 valence electrons. The first-order valence-electron chi connectivity index (χ1n) is 7.73. The van der Waals surface area contributed by atoms with Crippen LogP contribution in [-0.4, -0.2) is 31.1 Å². The number of hydrogen-bond donors (Lipinski definition) is 1. The average Bonchev–Trinajstić information content (AvgIpc) is 3.22. The zero-order valence-corrected chi connectivity index (χ0v) is 14.3. The molecule has 1 amide bonds. The lowest BCUT2D eigenvalue weighted by Crippen LogP contribution is -2.18. The lowest BCUT2D eigenvalue weighted by atomic mass is 10.1. The number of amides is 1. The first-order valence-corrected chi connectivity index (χ1v) is 8.55. The van der Waals surface area contributed by atoms with E-state index in [1.165, 1.54) is 11.3 Å². The second-order valence-electron chi connectivity index (χ2n) is 5.43. The summed E-state index contributed by atoms with van der Waals surface area (Å²) in [6.45, 7) is 4.51. The molecule has 0 aliphatic carbocycles. The van der Waals surface area contributed by atoms with Crippen LogP contribution in [0.25, 0.3) is 22.0 Å².